The summed E-state index contributed by atoms with van der Waals surface area (Å²) in [5, 5.41) is 3.32. The fourth-order valence-corrected chi connectivity index (χ4v) is 2.46. The second kappa shape index (κ2) is 6.00. The van der Waals surface area contributed by atoms with Gasteiger partial charge in [-0.05, 0) is 33.2 Å². The Balaban J connectivity index is 2.12. The molecular weight excluding hydrogens is 230 g/mol. The highest BCUT2D eigenvalue weighted by molar-refractivity contribution is 5.32. The van der Waals surface area contributed by atoms with E-state index in [1.54, 1.807) is 7.11 Å². The van der Waals surface area contributed by atoms with Crippen LogP contribution >= 0.6 is 0 Å². The Hall–Kier alpha value is -1.36. The fourth-order valence-electron chi connectivity index (χ4n) is 2.46. The Labute approximate surface area is 108 Å². The van der Waals surface area contributed by atoms with Crippen LogP contribution < -0.4 is 14.8 Å². The molecule has 0 aliphatic heterocycles. The van der Waals surface area contributed by atoms with E-state index >= 15 is 0 Å². The van der Waals surface area contributed by atoms with Crippen LogP contribution in [0.1, 0.15) is 31.2 Å². The van der Waals surface area contributed by atoms with Gasteiger partial charge < -0.3 is 14.8 Å². The summed E-state index contributed by atoms with van der Waals surface area (Å²) in [6.45, 7) is 1.92. The van der Waals surface area contributed by atoms with Crippen LogP contribution in [0.15, 0.2) is 6.33 Å². The van der Waals surface area contributed by atoms with Crippen molar-refractivity contribution < 1.29 is 9.47 Å². The maximum absolute atomic E-state index is 6.04. The minimum atomic E-state index is 0.182. The van der Waals surface area contributed by atoms with Crippen LogP contribution in [0.2, 0.25) is 0 Å². The molecule has 1 aromatic heterocycles. The SMILES string of the molecule is CNC1CCCCC1Oc1ncnc(OC)c1C. The van der Waals surface area contributed by atoms with Crippen molar-refractivity contribution in [3.8, 4) is 11.8 Å². The summed E-state index contributed by atoms with van der Waals surface area (Å²) in [4.78, 5) is 8.27. The molecule has 1 saturated carbocycles. The first-order valence-corrected chi connectivity index (χ1v) is 6.45. The number of aromatic nitrogens is 2. The third kappa shape index (κ3) is 2.72. The summed E-state index contributed by atoms with van der Waals surface area (Å²) in [6.07, 6.45) is 6.36. The van der Waals surface area contributed by atoms with Crippen molar-refractivity contribution in [2.75, 3.05) is 14.2 Å². The number of likely N-dealkylation sites (N-methyl/N-ethyl adjacent to an activating group) is 1. The average Bonchev–Trinajstić information content (AvgIpc) is 2.42. The number of nitrogens with zero attached hydrogens (tertiary/aromatic N) is 2. The number of hydrogen-bond acceptors (Lipinski definition) is 5. The first-order valence-electron chi connectivity index (χ1n) is 6.45. The Kier molecular flexibility index (Phi) is 4.36. The minimum Gasteiger partial charge on any atom is -0.481 e. The Morgan fingerprint density at radius 1 is 1.22 bits per heavy atom. The van der Waals surface area contributed by atoms with E-state index in [1.807, 2.05) is 14.0 Å². The Morgan fingerprint density at radius 3 is 2.67 bits per heavy atom. The molecule has 100 valence electrons. The molecule has 2 atom stereocenters. The highest BCUT2D eigenvalue weighted by Gasteiger charge is 2.26. The lowest BCUT2D eigenvalue weighted by Gasteiger charge is -2.31. The monoisotopic (exact) mass is 251 g/mol. The molecule has 0 spiro atoms. The summed E-state index contributed by atoms with van der Waals surface area (Å²) in [5.74, 6) is 1.21. The van der Waals surface area contributed by atoms with Crippen LogP contribution in [0, 0.1) is 6.92 Å². The number of hydrogen-bond donors (Lipinski definition) is 1. The predicted molar refractivity (Wildman–Crippen MR) is 69.1 cm³/mol. The minimum absolute atomic E-state index is 0.182. The molecule has 0 amide bonds. The first-order chi connectivity index (χ1) is 8.76. The van der Waals surface area contributed by atoms with E-state index in [4.69, 9.17) is 9.47 Å². The summed E-state index contributed by atoms with van der Waals surface area (Å²) in [7, 11) is 3.59. The van der Waals surface area contributed by atoms with Gasteiger partial charge in [-0.1, -0.05) is 6.42 Å². The summed E-state index contributed by atoms with van der Waals surface area (Å²) in [6, 6.07) is 0.402. The molecule has 1 fully saturated rings. The highest BCUT2D eigenvalue weighted by atomic mass is 16.5. The van der Waals surface area contributed by atoms with Crippen molar-refractivity contribution in [3.63, 3.8) is 0 Å². The number of nitrogens with one attached hydrogen (secondary N) is 1. The van der Waals surface area contributed by atoms with Gasteiger partial charge >= 0.3 is 0 Å². The largest absolute Gasteiger partial charge is 0.481 e. The lowest BCUT2D eigenvalue weighted by Crippen LogP contribution is -2.43. The summed E-state index contributed by atoms with van der Waals surface area (Å²) >= 11 is 0. The van der Waals surface area contributed by atoms with E-state index in [2.05, 4.69) is 15.3 Å². The molecule has 2 unspecified atom stereocenters. The predicted octanol–water partition coefficient (Wildman–Crippen LogP) is 1.70. The molecule has 5 heteroatoms. The second-order valence-corrected chi connectivity index (χ2v) is 4.65. The second-order valence-electron chi connectivity index (χ2n) is 4.65. The quantitative estimate of drug-likeness (QED) is 0.882. The number of ether oxygens (including phenoxy) is 2. The molecule has 5 nitrogen and oxygen atoms in total. The molecule has 1 N–H and O–H groups in total. The zero-order chi connectivity index (χ0) is 13.0. The molecule has 1 heterocycles. The smallest absolute Gasteiger partial charge is 0.223 e. The Morgan fingerprint density at radius 2 is 1.94 bits per heavy atom. The summed E-state index contributed by atoms with van der Waals surface area (Å²) < 4.78 is 11.2. The Bertz CT molecular complexity index is 398. The molecule has 0 aromatic carbocycles. The molecule has 18 heavy (non-hydrogen) atoms. The molecule has 1 aliphatic rings. The molecule has 0 radical (unpaired) electrons. The van der Waals surface area contributed by atoms with Crippen molar-refractivity contribution in [1.29, 1.82) is 0 Å². The maximum Gasteiger partial charge on any atom is 0.223 e. The summed E-state index contributed by atoms with van der Waals surface area (Å²) in [5.41, 5.74) is 0.862. The zero-order valence-electron chi connectivity index (χ0n) is 11.3. The molecule has 1 aliphatic carbocycles. The van der Waals surface area contributed by atoms with Gasteiger partial charge in [-0.15, -0.1) is 0 Å². The van der Waals surface area contributed by atoms with Crippen molar-refractivity contribution in [2.24, 2.45) is 0 Å². The van der Waals surface area contributed by atoms with E-state index in [0.29, 0.717) is 17.8 Å². The third-order valence-corrected chi connectivity index (χ3v) is 3.52. The van der Waals surface area contributed by atoms with Crippen molar-refractivity contribution in [3.05, 3.63) is 11.9 Å². The van der Waals surface area contributed by atoms with Gasteiger partial charge in [0.2, 0.25) is 11.8 Å². The van der Waals surface area contributed by atoms with Gasteiger partial charge in [0.25, 0.3) is 0 Å². The molecule has 2 rings (SSSR count). The van der Waals surface area contributed by atoms with Crippen LogP contribution in [0.4, 0.5) is 0 Å². The fraction of sp³-hybridized carbons (Fsp3) is 0.692. The van der Waals surface area contributed by atoms with Gasteiger partial charge in [-0.25, -0.2) is 9.97 Å². The van der Waals surface area contributed by atoms with Crippen LogP contribution in [0.3, 0.4) is 0 Å². The lowest BCUT2D eigenvalue weighted by molar-refractivity contribution is 0.111. The van der Waals surface area contributed by atoms with Gasteiger partial charge in [-0.3, -0.25) is 0 Å². The van der Waals surface area contributed by atoms with Gasteiger partial charge in [0.15, 0.2) is 0 Å². The number of methoxy groups -OCH3 is 1. The molecular formula is C13H21N3O2. The van der Waals surface area contributed by atoms with Crippen LogP contribution in [-0.2, 0) is 0 Å². The average molecular weight is 251 g/mol. The first kappa shape index (κ1) is 13.1. The molecule has 0 saturated heterocycles. The van der Waals surface area contributed by atoms with Crippen molar-refractivity contribution in [2.45, 2.75) is 44.8 Å². The van der Waals surface area contributed by atoms with E-state index in [9.17, 15) is 0 Å². The van der Waals surface area contributed by atoms with Crippen LogP contribution in [-0.4, -0.2) is 36.3 Å². The third-order valence-electron chi connectivity index (χ3n) is 3.52. The number of rotatable bonds is 4. The van der Waals surface area contributed by atoms with Crippen LogP contribution in [0.25, 0.3) is 0 Å². The molecule has 1 aromatic rings. The van der Waals surface area contributed by atoms with E-state index in [0.717, 1.165) is 18.4 Å². The van der Waals surface area contributed by atoms with Gasteiger partial charge in [0.05, 0.1) is 12.7 Å². The zero-order valence-corrected chi connectivity index (χ0v) is 11.3. The van der Waals surface area contributed by atoms with Gasteiger partial charge in [0, 0.05) is 6.04 Å². The standard InChI is InChI=1S/C13H21N3O2/c1-9-12(17-3)15-8-16-13(9)18-11-7-5-4-6-10(11)14-2/h8,10-11,14H,4-7H2,1-3H3. The van der Waals surface area contributed by atoms with Crippen LogP contribution in [0.5, 0.6) is 11.8 Å². The van der Waals surface area contributed by atoms with Crippen molar-refractivity contribution in [1.82, 2.24) is 15.3 Å². The normalized spacial score (nSPS) is 23.7. The lowest BCUT2D eigenvalue weighted by atomic mass is 9.92. The molecule has 0 bridgehead atoms. The van der Waals surface area contributed by atoms with E-state index < -0.39 is 0 Å². The van der Waals surface area contributed by atoms with Crippen molar-refractivity contribution >= 4 is 0 Å². The van der Waals surface area contributed by atoms with E-state index in [-0.39, 0.29) is 6.10 Å². The van der Waals surface area contributed by atoms with E-state index in [1.165, 1.54) is 19.2 Å². The topological polar surface area (TPSA) is 56.3 Å². The highest BCUT2D eigenvalue weighted by Crippen LogP contribution is 2.27. The van der Waals surface area contributed by atoms with Gasteiger partial charge in [0.1, 0.15) is 12.4 Å². The van der Waals surface area contributed by atoms with Gasteiger partial charge in [-0.2, -0.15) is 0 Å². The maximum atomic E-state index is 6.04.